The first-order valence-corrected chi connectivity index (χ1v) is 15.4. The summed E-state index contributed by atoms with van der Waals surface area (Å²) >= 11 is 0. The monoisotopic (exact) mass is 678 g/mol. The number of aromatic nitrogens is 5. The van der Waals surface area contributed by atoms with Crippen molar-refractivity contribution < 1.29 is 39.1 Å². The fourth-order valence-electron chi connectivity index (χ4n) is 7.03. The van der Waals surface area contributed by atoms with E-state index in [0.29, 0.717) is 46.5 Å². The molecule has 1 aliphatic carbocycles. The van der Waals surface area contributed by atoms with Crippen LogP contribution in [0, 0.1) is 19.3 Å². The Balaban J connectivity index is 1.20. The number of aryl methyl sites for hydroxylation is 2. The van der Waals surface area contributed by atoms with E-state index in [1.807, 2.05) is 44.3 Å². The van der Waals surface area contributed by atoms with E-state index in [9.17, 15) is 27.6 Å². The average Bonchev–Trinajstić information content (AvgIpc) is 3.31. The summed E-state index contributed by atoms with van der Waals surface area (Å²) in [6, 6.07) is 7.08. The van der Waals surface area contributed by atoms with Gasteiger partial charge < -0.3 is 19.5 Å². The van der Waals surface area contributed by atoms with E-state index in [4.69, 9.17) is 6.85 Å². The normalized spacial score (nSPS) is 22.3. The average molecular weight is 679 g/mol. The van der Waals surface area contributed by atoms with E-state index < -0.39 is 60.1 Å². The van der Waals surface area contributed by atoms with Gasteiger partial charge in [-0.15, -0.1) is 0 Å². The minimum atomic E-state index is -4.98. The number of carbonyl (C=O) groups excluding carboxylic acids is 3. The Morgan fingerprint density at radius 1 is 1.10 bits per heavy atom. The number of anilines is 1. The van der Waals surface area contributed by atoms with Crippen LogP contribution in [0.15, 0.2) is 48.8 Å². The lowest BCUT2D eigenvalue weighted by atomic mass is 9.99. The number of pyridine rings is 2. The zero-order chi connectivity index (χ0) is 39.3. The number of methoxy groups -OCH3 is 1. The number of piperidine rings is 1. The lowest BCUT2D eigenvalue weighted by molar-refractivity contribution is -0.141. The highest BCUT2D eigenvalue weighted by Gasteiger charge is 2.64. The van der Waals surface area contributed by atoms with Crippen molar-refractivity contribution in [3.8, 4) is 11.1 Å². The van der Waals surface area contributed by atoms with Gasteiger partial charge in [0.25, 0.3) is 0 Å². The number of ketones is 1. The van der Waals surface area contributed by atoms with E-state index in [2.05, 4.69) is 25.1 Å². The fourth-order valence-corrected chi connectivity index (χ4v) is 7.03. The third kappa shape index (κ3) is 5.73. The van der Waals surface area contributed by atoms with Crippen molar-refractivity contribution in [2.75, 3.05) is 12.4 Å². The van der Waals surface area contributed by atoms with Gasteiger partial charge in [0.15, 0.2) is 11.4 Å². The maximum Gasteiger partial charge on any atom is 0.433 e. The van der Waals surface area contributed by atoms with Crippen molar-refractivity contribution in [1.82, 2.24) is 29.0 Å². The maximum atomic E-state index is 14.2. The van der Waals surface area contributed by atoms with Crippen LogP contribution in [-0.4, -0.2) is 65.8 Å². The lowest BCUT2D eigenvalue weighted by Crippen LogP contribution is -2.46. The van der Waals surface area contributed by atoms with Crippen LogP contribution >= 0.6 is 0 Å². The van der Waals surface area contributed by atoms with Gasteiger partial charge in [0.1, 0.15) is 29.9 Å². The van der Waals surface area contributed by atoms with Crippen LogP contribution in [0.1, 0.15) is 66.5 Å². The van der Waals surface area contributed by atoms with E-state index >= 15 is 0 Å². The third-order valence-electron chi connectivity index (χ3n) is 9.43. The molecule has 0 spiro atoms. The molecule has 11 nitrogen and oxygen atoms in total. The molecular formula is C35H34F3N7O4. The van der Waals surface area contributed by atoms with Gasteiger partial charge in [-0.3, -0.25) is 14.4 Å². The van der Waals surface area contributed by atoms with Crippen LogP contribution < -0.4 is 5.32 Å². The first kappa shape index (κ1) is 26.8. The molecule has 1 saturated heterocycles. The summed E-state index contributed by atoms with van der Waals surface area (Å²) in [6.07, 6.45) is -0.823. The SMILES string of the molecule is [2H]C([2H])([2H])OC([2H])([2H])c1ccc(C(F)(F)F)nc1NC(=O)[C@@H]1C[C@@]2(C)C[C@H]2N1C(=O)Cn1cc(C(C)=O)c2cc(-c3ccc4nc(C)nn4c3)cc(C)c21. The summed E-state index contributed by atoms with van der Waals surface area (Å²) in [5.74, 6) is -1.93. The minimum absolute atomic E-state index is 0.158. The second-order valence-electron chi connectivity index (χ2n) is 13.0. The zero-order valence-corrected chi connectivity index (χ0v) is 26.8. The Morgan fingerprint density at radius 3 is 2.63 bits per heavy atom. The molecule has 5 aromatic rings. The number of hydrogen-bond donors (Lipinski definition) is 1. The molecule has 0 radical (unpaired) electrons. The van der Waals surface area contributed by atoms with Crippen LogP contribution in [-0.2, 0) is 33.6 Å². The van der Waals surface area contributed by atoms with Gasteiger partial charge in [0.2, 0.25) is 11.8 Å². The quantitative estimate of drug-likeness (QED) is 0.208. The maximum absolute atomic E-state index is 14.2. The van der Waals surface area contributed by atoms with Gasteiger partial charge in [-0.25, -0.2) is 14.5 Å². The van der Waals surface area contributed by atoms with Gasteiger partial charge in [0, 0.05) is 47.6 Å². The number of carbonyl (C=O) groups is 3. The highest BCUT2D eigenvalue weighted by molar-refractivity contribution is 6.09. The molecule has 1 N–H and O–H groups in total. The van der Waals surface area contributed by atoms with Crippen LogP contribution in [0.5, 0.6) is 0 Å². The number of hydrogen-bond acceptors (Lipinski definition) is 7. The predicted octanol–water partition coefficient (Wildman–Crippen LogP) is 5.75. The molecule has 254 valence electrons. The van der Waals surface area contributed by atoms with Crippen molar-refractivity contribution in [3.63, 3.8) is 0 Å². The van der Waals surface area contributed by atoms with Crippen molar-refractivity contribution in [2.45, 2.75) is 71.9 Å². The Hall–Kier alpha value is -5.11. The number of nitrogens with zero attached hydrogens (tertiary/aromatic N) is 6. The molecule has 2 aliphatic rings. The number of Topliss-reactive ketones (excluding diaryl/α,β-unsaturated/α-hetero) is 1. The minimum Gasteiger partial charge on any atom is -0.380 e. The van der Waals surface area contributed by atoms with Crippen molar-refractivity contribution >= 4 is 40.0 Å². The fraction of sp³-hybridized carbons (Fsp3) is 0.371. The summed E-state index contributed by atoms with van der Waals surface area (Å²) < 4.78 is 87.2. The first-order valence-electron chi connectivity index (χ1n) is 17.9. The Morgan fingerprint density at radius 2 is 1.90 bits per heavy atom. The highest BCUT2D eigenvalue weighted by atomic mass is 19.4. The number of ether oxygens (including phenoxy) is 1. The van der Waals surface area contributed by atoms with Crippen LogP contribution in [0.4, 0.5) is 19.0 Å². The third-order valence-corrected chi connectivity index (χ3v) is 9.43. The van der Waals surface area contributed by atoms with Gasteiger partial charge in [-0.05, 0) is 80.5 Å². The summed E-state index contributed by atoms with van der Waals surface area (Å²) in [7, 11) is -3.28. The van der Waals surface area contributed by atoms with E-state index in [0.717, 1.165) is 16.7 Å². The number of halogens is 3. The molecule has 1 aliphatic heterocycles. The van der Waals surface area contributed by atoms with Crippen LogP contribution in [0.25, 0.3) is 27.7 Å². The van der Waals surface area contributed by atoms with Crippen molar-refractivity contribution in [2.24, 2.45) is 5.41 Å². The van der Waals surface area contributed by atoms with Crippen LogP contribution in [0.2, 0.25) is 0 Å². The molecule has 0 bridgehead atoms. The number of rotatable bonds is 8. The van der Waals surface area contributed by atoms with E-state index in [1.54, 1.807) is 22.2 Å². The molecular weight excluding hydrogens is 639 g/mol. The molecule has 4 aromatic heterocycles. The predicted molar refractivity (Wildman–Crippen MR) is 174 cm³/mol. The second kappa shape index (κ2) is 11.5. The van der Waals surface area contributed by atoms with Gasteiger partial charge in [0.05, 0.1) is 18.9 Å². The molecule has 2 amide bonds. The Labute approximate surface area is 286 Å². The molecule has 1 aromatic carbocycles. The summed E-state index contributed by atoms with van der Waals surface area (Å²) in [5.41, 5.74) is 1.40. The van der Waals surface area contributed by atoms with Crippen molar-refractivity contribution in [1.29, 1.82) is 0 Å². The number of likely N-dealkylation sites (tertiary alicyclic amines) is 1. The molecule has 1 saturated carbocycles. The molecule has 49 heavy (non-hydrogen) atoms. The second-order valence-corrected chi connectivity index (χ2v) is 13.0. The van der Waals surface area contributed by atoms with Gasteiger partial charge in [-0.2, -0.15) is 18.3 Å². The molecule has 3 atom stereocenters. The molecule has 0 unspecified atom stereocenters. The van der Waals surface area contributed by atoms with Crippen LogP contribution in [0.3, 0.4) is 0 Å². The van der Waals surface area contributed by atoms with E-state index in [-0.39, 0.29) is 24.8 Å². The van der Waals surface area contributed by atoms with E-state index in [1.165, 1.54) is 11.8 Å². The molecule has 7 rings (SSSR count). The van der Waals surface area contributed by atoms with Gasteiger partial charge >= 0.3 is 6.18 Å². The summed E-state index contributed by atoms with van der Waals surface area (Å²) in [5, 5.41) is 7.25. The topological polar surface area (TPSA) is 124 Å². The Kier molecular flexibility index (Phi) is 6.29. The van der Waals surface area contributed by atoms with Gasteiger partial charge in [-0.1, -0.05) is 13.0 Å². The largest absolute Gasteiger partial charge is 0.433 e. The highest BCUT2D eigenvalue weighted by Crippen LogP contribution is 2.59. The first-order chi connectivity index (χ1) is 25.0. The number of alkyl halides is 3. The smallest absolute Gasteiger partial charge is 0.380 e. The summed E-state index contributed by atoms with van der Waals surface area (Å²) in [6.45, 7) is 3.49. The lowest BCUT2D eigenvalue weighted by Gasteiger charge is -2.27. The molecule has 2 fully saturated rings. The standard InChI is InChI=1S/C35H34F3N7O4/c1-18-10-23(21-7-9-29-39-20(3)42-44(29)14-21)11-24-25(19(2)46)15-43(31(18)24)16-30(47)45-26(12-34(4)13-28(34)45)33(48)41-32-22(17-49-5)6-8-27(40-32)35(36,37)38/h6-11,14-15,26,28H,12-13,16-17H2,1-5H3,(H,40,41,48)/t26-,28+,34-/m0/s1/i5D3,17D2. The number of benzene rings is 1. The van der Waals surface area contributed by atoms with Crippen molar-refractivity contribution in [3.05, 3.63) is 77.0 Å². The Bertz CT molecular complexity index is 2390. The zero-order valence-electron chi connectivity index (χ0n) is 31.8. The number of fused-ring (bicyclic) bond motifs is 3. The molecule has 5 heterocycles. The number of amides is 2. The number of nitrogens with one attached hydrogen (secondary N) is 1. The summed E-state index contributed by atoms with van der Waals surface area (Å²) in [4.78, 5) is 50.1. The molecule has 14 heteroatoms.